The van der Waals surface area contributed by atoms with Crippen molar-refractivity contribution < 1.29 is 18.7 Å². The maximum absolute atomic E-state index is 12.6. The molecule has 0 fully saturated rings. The number of carbonyl (C=O) groups is 2. The van der Waals surface area contributed by atoms with Gasteiger partial charge in [-0.3, -0.25) is 19.0 Å². The minimum Gasteiger partial charge on any atom is -0.453 e. The van der Waals surface area contributed by atoms with Crippen molar-refractivity contribution >= 4 is 45.4 Å². The highest BCUT2D eigenvalue weighted by molar-refractivity contribution is 6.30. The first kappa shape index (κ1) is 18.9. The van der Waals surface area contributed by atoms with Gasteiger partial charge in [0, 0.05) is 16.0 Å². The molecule has 29 heavy (non-hydrogen) atoms. The van der Waals surface area contributed by atoms with E-state index in [0.29, 0.717) is 21.7 Å². The molecule has 8 heteroatoms. The van der Waals surface area contributed by atoms with E-state index in [4.69, 9.17) is 20.8 Å². The molecule has 0 amide bonds. The number of aromatic nitrogens is 2. The summed E-state index contributed by atoms with van der Waals surface area (Å²) in [5.41, 5.74) is 0.903. The molecule has 0 aliphatic carbocycles. The van der Waals surface area contributed by atoms with Crippen molar-refractivity contribution in [1.29, 1.82) is 0 Å². The lowest BCUT2D eigenvalue weighted by atomic mass is 10.1. The largest absolute Gasteiger partial charge is 0.453 e. The summed E-state index contributed by atoms with van der Waals surface area (Å²) in [7, 11) is 0. The van der Waals surface area contributed by atoms with Crippen LogP contribution in [0.25, 0.3) is 22.1 Å². The maximum atomic E-state index is 12.6. The molecule has 4 rings (SSSR count). The summed E-state index contributed by atoms with van der Waals surface area (Å²) >= 11 is 5.81. The van der Waals surface area contributed by atoms with E-state index in [-0.39, 0.29) is 11.4 Å². The van der Waals surface area contributed by atoms with Gasteiger partial charge in [0.05, 0.1) is 6.33 Å². The Bertz CT molecular complexity index is 1290. The highest BCUT2D eigenvalue weighted by Crippen LogP contribution is 2.24. The van der Waals surface area contributed by atoms with Crippen molar-refractivity contribution in [3.63, 3.8) is 0 Å². The van der Waals surface area contributed by atoms with Gasteiger partial charge in [-0.2, -0.15) is 0 Å². The number of carbonyl (C=O) groups excluding carboxylic acids is 2. The Kier molecular flexibility index (Phi) is 4.90. The minimum absolute atomic E-state index is 0.0618. The van der Waals surface area contributed by atoms with Gasteiger partial charge in [-0.1, -0.05) is 23.7 Å². The lowest BCUT2D eigenvalue weighted by Gasteiger charge is -2.13. The number of para-hydroxylation sites is 1. The molecule has 2 aromatic carbocycles. The van der Waals surface area contributed by atoms with Crippen molar-refractivity contribution in [3.8, 4) is 0 Å². The fraction of sp³-hybridized carbons (Fsp3) is 0.143. The molecular formula is C21H15ClN2O5. The number of hydrogen-bond donors (Lipinski definition) is 0. The summed E-state index contributed by atoms with van der Waals surface area (Å²) in [5.74, 6) is -1.10. The summed E-state index contributed by atoms with van der Waals surface area (Å²) in [4.78, 5) is 41.5. The molecular weight excluding hydrogens is 396 g/mol. The van der Waals surface area contributed by atoms with Crippen LogP contribution in [0.3, 0.4) is 0 Å². The molecule has 1 unspecified atom stereocenters. The first-order valence-electron chi connectivity index (χ1n) is 8.80. The number of halogens is 1. The summed E-state index contributed by atoms with van der Waals surface area (Å²) < 4.78 is 11.9. The maximum Gasteiger partial charge on any atom is 0.326 e. The summed E-state index contributed by atoms with van der Waals surface area (Å²) in [6.45, 7) is 1.08. The molecule has 0 bridgehead atoms. The molecule has 7 nitrogen and oxygen atoms in total. The van der Waals surface area contributed by atoms with Crippen LogP contribution in [0.15, 0.2) is 64.1 Å². The predicted octanol–water partition coefficient (Wildman–Crippen LogP) is 3.61. The number of rotatable bonds is 5. The summed E-state index contributed by atoms with van der Waals surface area (Å²) in [6, 6.07) is 13.4. The van der Waals surface area contributed by atoms with E-state index in [1.807, 2.05) is 6.07 Å². The van der Waals surface area contributed by atoms with Gasteiger partial charge in [-0.05, 0) is 43.3 Å². The normalized spacial score (nSPS) is 12.2. The van der Waals surface area contributed by atoms with E-state index in [0.717, 1.165) is 9.95 Å². The fourth-order valence-corrected chi connectivity index (χ4v) is 3.13. The number of benzene rings is 2. The van der Waals surface area contributed by atoms with Crippen LogP contribution in [0.4, 0.5) is 0 Å². The highest BCUT2D eigenvalue weighted by Gasteiger charge is 2.21. The Labute approximate surface area is 169 Å². The topological polar surface area (TPSA) is 91.4 Å². The molecule has 1 atom stereocenters. The monoisotopic (exact) mass is 410 g/mol. The van der Waals surface area contributed by atoms with Gasteiger partial charge in [-0.25, -0.2) is 4.98 Å². The zero-order chi connectivity index (χ0) is 20.5. The lowest BCUT2D eigenvalue weighted by molar-refractivity contribution is -0.147. The molecule has 0 aliphatic heterocycles. The van der Waals surface area contributed by atoms with Crippen LogP contribution in [0, 0.1) is 0 Å². The number of Topliss-reactive ketones (excluding diaryl/α,β-unsaturated/α-hetero) is 1. The Morgan fingerprint density at radius 3 is 2.66 bits per heavy atom. The Hall–Kier alpha value is -3.45. The third-order valence-corrected chi connectivity index (χ3v) is 4.71. The van der Waals surface area contributed by atoms with E-state index in [1.54, 1.807) is 42.5 Å². The molecule has 0 spiro atoms. The molecule has 4 aromatic rings. The molecule has 2 heterocycles. The van der Waals surface area contributed by atoms with Gasteiger partial charge in [0.1, 0.15) is 17.6 Å². The lowest BCUT2D eigenvalue weighted by Crippen LogP contribution is -2.30. The van der Waals surface area contributed by atoms with Crippen LogP contribution in [0.5, 0.6) is 0 Å². The third-order valence-electron chi connectivity index (χ3n) is 4.46. The summed E-state index contributed by atoms with van der Waals surface area (Å²) in [6.07, 6.45) is 0.252. The summed E-state index contributed by atoms with van der Waals surface area (Å²) in [5, 5.41) is 1.22. The van der Waals surface area contributed by atoms with Crippen LogP contribution in [0.1, 0.15) is 17.3 Å². The molecule has 0 aliphatic rings. The standard InChI is InChI=1S/C21H15ClN2O5/c1-12(19(26)13-6-8-14(22)9-7-13)28-17(25)10-24-11-23-18-15-4-2-3-5-16(15)29-20(18)21(24)27/h2-9,11-12H,10H2,1H3. The Morgan fingerprint density at radius 2 is 1.90 bits per heavy atom. The minimum atomic E-state index is -1.01. The number of esters is 1. The Morgan fingerprint density at radius 1 is 1.17 bits per heavy atom. The van der Waals surface area contributed by atoms with E-state index in [2.05, 4.69) is 4.98 Å². The average molecular weight is 411 g/mol. The zero-order valence-corrected chi connectivity index (χ0v) is 16.1. The molecule has 146 valence electrons. The van der Waals surface area contributed by atoms with Crippen LogP contribution in [-0.4, -0.2) is 27.4 Å². The first-order chi connectivity index (χ1) is 13.9. The predicted molar refractivity (Wildman–Crippen MR) is 107 cm³/mol. The second kappa shape index (κ2) is 7.52. The van der Waals surface area contributed by atoms with Crippen LogP contribution >= 0.6 is 11.6 Å². The smallest absolute Gasteiger partial charge is 0.326 e. The van der Waals surface area contributed by atoms with Gasteiger partial charge in [0.25, 0.3) is 5.56 Å². The van der Waals surface area contributed by atoms with E-state index in [1.165, 1.54) is 13.3 Å². The van der Waals surface area contributed by atoms with Crippen molar-refractivity contribution in [1.82, 2.24) is 9.55 Å². The molecule has 2 aromatic heterocycles. The first-order valence-corrected chi connectivity index (χ1v) is 9.18. The number of furan rings is 1. The fourth-order valence-electron chi connectivity index (χ4n) is 3.00. The Balaban J connectivity index is 1.52. The zero-order valence-electron chi connectivity index (χ0n) is 15.3. The van der Waals surface area contributed by atoms with E-state index in [9.17, 15) is 14.4 Å². The number of ether oxygens (including phenoxy) is 1. The SMILES string of the molecule is CC(OC(=O)Cn1cnc2c(oc3ccccc32)c1=O)C(=O)c1ccc(Cl)cc1. The molecule has 0 N–H and O–H groups in total. The van der Waals surface area contributed by atoms with Gasteiger partial charge in [0.2, 0.25) is 11.4 Å². The van der Waals surface area contributed by atoms with Crippen LogP contribution < -0.4 is 5.56 Å². The van der Waals surface area contributed by atoms with Crippen molar-refractivity contribution in [2.24, 2.45) is 0 Å². The number of nitrogens with zero attached hydrogens (tertiary/aromatic N) is 2. The number of ketones is 1. The quantitative estimate of drug-likeness (QED) is 0.368. The molecule has 0 saturated heterocycles. The van der Waals surface area contributed by atoms with Gasteiger partial charge < -0.3 is 9.15 Å². The van der Waals surface area contributed by atoms with Crippen LogP contribution in [-0.2, 0) is 16.1 Å². The van der Waals surface area contributed by atoms with E-state index >= 15 is 0 Å². The number of hydrogen-bond acceptors (Lipinski definition) is 6. The van der Waals surface area contributed by atoms with E-state index < -0.39 is 24.2 Å². The van der Waals surface area contributed by atoms with Gasteiger partial charge >= 0.3 is 5.97 Å². The average Bonchev–Trinajstić information content (AvgIpc) is 3.09. The third kappa shape index (κ3) is 3.64. The van der Waals surface area contributed by atoms with Gasteiger partial charge in [0.15, 0.2) is 6.10 Å². The van der Waals surface area contributed by atoms with Crippen molar-refractivity contribution in [2.75, 3.05) is 0 Å². The second-order valence-electron chi connectivity index (χ2n) is 6.46. The van der Waals surface area contributed by atoms with Crippen molar-refractivity contribution in [2.45, 2.75) is 19.6 Å². The van der Waals surface area contributed by atoms with Crippen LogP contribution in [0.2, 0.25) is 5.02 Å². The second-order valence-corrected chi connectivity index (χ2v) is 6.89. The van der Waals surface area contributed by atoms with Gasteiger partial charge in [-0.15, -0.1) is 0 Å². The van der Waals surface area contributed by atoms with Crippen molar-refractivity contribution in [3.05, 3.63) is 75.8 Å². The number of fused-ring (bicyclic) bond motifs is 3. The molecule has 0 saturated carbocycles. The highest BCUT2D eigenvalue weighted by atomic mass is 35.5. The molecule has 0 radical (unpaired) electrons.